The van der Waals surface area contributed by atoms with Gasteiger partial charge in [0.1, 0.15) is 17.5 Å². The van der Waals surface area contributed by atoms with Gasteiger partial charge < -0.3 is 20.2 Å². The first-order valence-electron chi connectivity index (χ1n) is 8.84. The molecule has 0 atom stereocenters. The molecule has 7 heteroatoms. The smallest absolute Gasteiger partial charge is 0.305 e. The van der Waals surface area contributed by atoms with E-state index in [9.17, 15) is 9.59 Å². The average Bonchev–Trinajstić information content (AvgIpc) is 3.06. The van der Waals surface area contributed by atoms with E-state index in [2.05, 4.69) is 5.32 Å². The molecular formula is C19H23N3O4. The molecule has 7 nitrogen and oxygen atoms in total. The van der Waals surface area contributed by atoms with Crippen molar-refractivity contribution in [1.82, 2.24) is 5.32 Å². The number of amides is 1. The van der Waals surface area contributed by atoms with Crippen molar-refractivity contribution in [3.05, 3.63) is 35.6 Å². The standard InChI is InChI=1S/C19H23N3O4/c1-2-17(23)25-14-6-4-13(5-7-14)22-19(24)16-10-12-9-11(18(20)21)3-8-15(12)26-16/h3,8-10,13-14H,2,4-7H2,1H3,(H3,20,21)(H,22,24). The minimum Gasteiger partial charge on any atom is -0.462 e. The van der Waals surface area contributed by atoms with Crippen molar-refractivity contribution in [2.75, 3.05) is 0 Å². The Kier molecular flexibility index (Phi) is 5.25. The third-order valence-corrected chi connectivity index (χ3v) is 4.65. The van der Waals surface area contributed by atoms with Crippen LogP contribution in [0.3, 0.4) is 0 Å². The van der Waals surface area contributed by atoms with Gasteiger partial charge in [0.05, 0.1) is 0 Å². The molecule has 0 saturated heterocycles. The van der Waals surface area contributed by atoms with E-state index in [1.807, 2.05) is 0 Å². The van der Waals surface area contributed by atoms with Crippen molar-refractivity contribution in [2.45, 2.75) is 51.2 Å². The second-order valence-corrected chi connectivity index (χ2v) is 6.57. The average molecular weight is 357 g/mol. The van der Waals surface area contributed by atoms with Crippen LogP contribution in [0.5, 0.6) is 0 Å². The molecular weight excluding hydrogens is 334 g/mol. The summed E-state index contributed by atoms with van der Waals surface area (Å²) in [6.45, 7) is 1.78. The summed E-state index contributed by atoms with van der Waals surface area (Å²) in [6.07, 6.45) is 3.36. The summed E-state index contributed by atoms with van der Waals surface area (Å²) in [7, 11) is 0. The van der Waals surface area contributed by atoms with Gasteiger partial charge in [-0.1, -0.05) is 6.92 Å². The number of furan rings is 1. The van der Waals surface area contributed by atoms with Gasteiger partial charge in [-0.3, -0.25) is 15.0 Å². The topological polar surface area (TPSA) is 118 Å². The molecule has 0 aliphatic heterocycles. The number of amidine groups is 1. The van der Waals surface area contributed by atoms with E-state index in [1.54, 1.807) is 31.2 Å². The van der Waals surface area contributed by atoms with Gasteiger partial charge in [-0.05, 0) is 49.9 Å². The molecule has 0 spiro atoms. The van der Waals surface area contributed by atoms with E-state index in [0.717, 1.165) is 31.1 Å². The molecule has 4 N–H and O–H groups in total. The Bertz CT molecular complexity index is 834. The first kappa shape index (κ1) is 18.0. The molecule has 1 aromatic carbocycles. The van der Waals surface area contributed by atoms with Gasteiger partial charge in [-0.25, -0.2) is 0 Å². The molecule has 1 saturated carbocycles. The fraction of sp³-hybridized carbons (Fsp3) is 0.421. The lowest BCUT2D eigenvalue weighted by Gasteiger charge is -2.28. The maximum Gasteiger partial charge on any atom is 0.305 e. The van der Waals surface area contributed by atoms with E-state index >= 15 is 0 Å². The summed E-state index contributed by atoms with van der Waals surface area (Å²) in [4.78, 5) is 23.8. The number of benzene rings is 1. The number of hydrogen-bond acceptors (Lipinski definition) is 5. The van der Waals surface area contributed by atoms with Crippen LogP contribution in [-0.2, 0) is 9.53 Å². The Labute approximate surface area is 151 Å². The van der Waals surface area contributed by atoms with Crippen molar-refractivity contribution < 1.29 is 18.7 Å². The predicted octanol–water partition coefficient (Wildman–Crippen LogP) is 2.71. The molecule has 0 bridgehead atoms. The quantitative estimate of drug-likeness (QED) is 0.432. The molecule has 0 unspecified atom stereocenters. The molecule has 1 aromatic heterocycles. The number of nitrogens with two attached hydrogens (primary N) is 1. The maximum absolute atomic E-state index is 12.4. The number of rotatable bonds is 5. The van der Waals surface area contributed by atoms with Crippen LogP contribution in [0.2, 0.25) is 0 Å². The van der Waals surface area contributed by atoms with Crippen molar-refractivity contribution in [2.24, 2.45) is 5.73 Å². The number of esters is 1. The number of nitrogens with one attached hydrogen (secondary N) is 2. The number of carbonyl (C=O) groups excluding carboxylic acids is 2. The zero-order valence-electron chi connectivity index (χ0n) is 14.7. The van der Waals surface area contributed by atoms with E-state index in [1.165, 1.54) is 0 Å². The lowest BCUT2D eigenvalue weighted by Crippen LogP contribution is -2.39. The minimum absolute atomic E-state index is 0.0281. The molecule has 2 aromatic rings. The normalized spacial score (nSPS) is 19.9. The first-order chi connectivity index (χ1) is 12.5. The maximum atomic E-state index is 12.4. The summed E-state index contributed by atoms with van der Waals surface area (Å²) in [5.41, 5.74) is 6.65. The number of hydrogen-bond donors (Lipinski definition) is 3. The second kappa shape index (κ2) is 7.59. The summed E-state index contributed by atoms with van der Waals surface area (Å²) < 4.78 is 11.0. The monoisotopic (exact) mass is 357 g/mol. The molecule has 138 valence electrons. The summed E-state index contributed by atoms with van der Waals surface area (Å²) >= 11 is 0. The lowest BCUT2D eigenvalue weighted by atomic mass is 9.93. The third kappa shape index (κ3) is 4.04. The van der Waals surface area contributed by atoms with Crippen molar-refractivity contribution in [3.8, 4) is 0 Å². The highest BCUT2D eigenvalue weighted by atomic mass is 16.5. The number of ether oxygens (including phenoxy) is 1. The van der Waals surface area contributed by atoms with Crippen LogP contribution in [0.1, 0.15) is 55.1 Å². The predicted molar refractivity (Wildman–Crippen MR) is 97.1 cm³/mol. The Balaban J connectivity index is 1.59. The van der Waals surface area contributed by atoms with Crippen LogP contribution in [0.4, 0.5) is 0 Å². The molecule has 1 aliphatic carbocycles. The third-order valence-electron chi connectivity index (χ3n) is 4.65. The van der Waals surface area contributed by atoms with Crippen molar-refractivity contribution >= 4 is 28.7 Å². The lowest BCUT2D eigenvalue weighted by molar-refractivity contribution is -0.150. The van der Waals surface area contributed by atoms with Crippen LogP contribution < -0.4 is 11.1 Å². The zero-order chi connectivity index (χ0) is 18.7. The molecule has 1 fully saturated rings. The SMILES string of the molecule is CCC(=O)OC1CCC(NC(=O)c2cc3cc(C(=N)N)ccc3o2)CC1. The highest BCUT2D eigenvalue weighted by molar-refractivity contribution is 6.00. The Hall–Kier alpha value is -2.83. The van der Waals surface area contributed by atoms with Gasteiger partial charge >= 0.3 is 5.97 Å². The van der Waals surface area contributed by atoms with Crippen LogP contribution in [-0.4, -0.2) is 29.9 Å². The minimum atomic E-state index is -0.264. The molecule has 1 amide bonds. The fourth-order valence-corrected chi connectivity index (χ4v) is 3.17. The van der Waals surface area contributed by atoms with Gasteiger partial charge in [-0.15, -0.1) is 0 Å². The summed E-state index contributed by atoms with van der Waals surface area (Å²) in [6, 6.07) is 6.82. The molecule has 1 heterocycles. The second-order valence-electron chi connectivity index (χ2n) is 6.57. The molecule has 26 heavy (non-hydrogen) atoms. The van der Waals surface area contributed by atoms with Gasteiger partial charge in [-0.2, -0.15) is 0 Å². The van der Waals surface area contributed by atoms with Crippen molar-refractivity contribution in [3.63, 3.8) is 0 Å². The molecule has 0 radical (unpaired) electrons. The molecule has 3 rings (SSSR count). The summed E-state index contributed by atoms with van der Waals surface area (Å²) in [5.74, 6) is -0.232. The highest BCUT2D eigenvalue weighted by Gasteiger charge is 2.25. The van der Waals surface area contributed by atoms with E-state index in [4.69, 9.17) is 20.3 Å². The van der Waals surface area contributed by atoms with E-state index in [0.29, 0.717) is 17.6 Å². The van der Waals surface area contributed by atoms with Gasteiger partial charge in [0.2, 0.25) is 0 Å². The molecule has 1 aliphatic rings. The Morgan fingerprint density at radius 2 is 2.00 bits per heavy atom. The van der Waals surface area contributed by atoms with Crippen LogP contribution in [0, 0.1) is 5.41 Å². The van der Waals surface area contributed by atoms with Crippen LogP contribution >= 0.6 is 0 Å². The first-order valence-corrected chi connectivity index (χ1v) is 8.84. The van der Waals surface area contributed by atoms with Gasteiger partial charge in [0.25, 0.3) is 5.91 Å². The number of fused-ring (bicyclic) bond motifs is 1. The van der Waals surface area contributed by atoms with Gasteiger partial charge in [0.15, 0.2) is 5.76 Å². The van der Waals surface area contributed by atoms with E-state index < -0.39 is 0 Å². The number of nitrogen functional groups attached to an aromatic ring is 1. The van der Waals surface area contributed by atoms with Crippen molar-refractivity contribution in [1.29, 1.82) is 5.41 Å². The van der Waals surface area contributed by atoms with Crippen LogP contribution in [0.25, 0.3) is 11.0 Å². The highest BCUT2D eigenvalue weighted by Crippen LogP contribution is 2.24. The largest absolute Gasteiger partial charge is 0.462 e. The Morgan fingerprint density at radius 3 is 2.65 bits per heavy atom. The van der Waals surface area contributed by atoms with Gasteiger partial charge in [0, 0.05) is 23.4 Å². The zero-order valence-corrected chi connectivity index (χ0v) is 14.7. The van der Waals surface area contributed by atoms with Crippen LogP contribution in [0.15, 0.2) is 28.7 Å². The summed E-state index contributed by atoms with van der Waals surface area (Å²) in [5, 5.41) is 11.2. The van der Waals surface area contributed by atoms with E-state index in [-0.39, 0.29) is 35.6 Å². The Morgan fingerprint density at radius 1 is 1.27 bits per heavy atom. The number of carbonyl (C=O) groups is 2. The fourth-order valence-electron chi connectivity index (χ4n) is 3.17.